The number of aryl methyl sites for hydroxylation is 2. The number of para-hydroxylation sites is 2. The number of rotatable bonds is 5. The minimum Gasteiger partial charge on any atom is -0.350 e. The first-order chi connectivity index (χ1) is 11.6. The molecule has 0 aliphatic rings. The number of fused-ring (bicyclic) bond motifs is 1. The molecular formula is C19H21N3O2. The van der Waals surface area contributed by atoms with Crippen molar-refractivity contribution in [2.45, 2.75) is 33.5 Å². The summed E-state index contributed by atoms with van der Waals surface area (Å²) in [6.07, 6.45) is 0. The summed E-state index contributed by atoms with van der Waals surface area (Å²) in [5.74, 6) is -0.169. The maximum atomic E-state index is 12.5. The Labute approximate surface area is 140 Å². The third-order valence-corrected chi connectivity index (χ3v) is 4.12. The molecule has 0 atom stereocenters. The Kier molecular flexibility index (Phi) is 4.51. The molecular weight excluding hydrogens is 302 g/mol. The molecule has 0 bridgehead atoms. The van der Waals surface area contributed by atoms with Crippen molar-refractivity contribution in [3.8, 4) is 0 Å². The van der Waals surface area contributed by atoms with Gasteiger partial charge in [0.25, 0.3) is 0 Å². The van der Waals surface area contributed by atoms with E-state index in [1.165, 1.54) is 4.57 Å². The zero-order chi connectivity index (χ0) is 17.1. The van der Waals surface area contributed by atoms with Crippen LogP contribution < -0.4 is 11.0 Å². The van der Waals surface area contributed by atoms with Crippen molar-refractivity contribution >= 4 is 16.9 Å². The Bertz CT molecular complexity index is 937. The number of hydrogen-bond donors (Lipinski definition) is 1. The van der Waals surface area contributed by atoms with Crippen molar-refractivity contribution in [3.63, 3.8) is 0 Å². The molecule has 0 unspecified atom stereocenters. The number of nitrogens with one attached hydrogen (secondary N) is 1. The van der Waals surface area contributed by atoms with Gasteiger partial charge < -0.3 is 5.32 Å². The van der Waals surface area contributed by atoms with Crippen LogP contribution in [0.5, 0.6) is 0 Å². The summed E-state index contributed by atoms with van der Waals surface area (Å²) < 4.78 is 3.22. The van der Waals surface area contributed by atoms with Gasteiger partial charge in [-0.3, -0.25) is 13.9 Å². The first-order valence-electron chi connectivity index (χ1n) is 8.10. The summed E-state index contributed by atoms with van der Waals surface area (Å²) >= 11 is 0. The lowest BCUT2D eigenvalue weighted by atomic mass is 10.1. The molecule has 0 aliphatic heterocycles. The van der Waals surface area contributed by atoms with Crippen molar-refractivity contribution in [3.05, 3.63) is 70.1 Å². The molecule has 2 aromatic carbocycles. The fourth-order valence-electron chi connectivity index (χ4n) is 2.95. The molecule has 1 heterocycles. The van der Waals surface area contributed by atoms with Gasteiger partial charge in [-0.25, -0.2) is 4.79 Å². The lowest BCUT2D eigenvalue weighted by Gasteiger charge is -2.07. The third kappa shape index (κ3) is 3.11. The number of imidazole rings is 1. The number of nitrogens with zero attached hydrogens (tertiary/aromatic N) is 2. The molecule has 0 saturated heterocycles. The van der Waals surface area contributed by atoms with E-state index in [4.69, 9.17) is 0 Å². The number of benzene rings is 2. The lowest BCUT2D eigenvalue weighted by molar-refractivity contribution is -0.121. The molecule has 24 heavy (non-hydrogen) atoms. The van der Waals surface area contributed by atoms with Crippen LogP contribution in [0.25, 0.3) is 11.0 Å². The highest BCUT2D eigenvalue weighted by molar-refractivity contribution is 5.80. The topological polar surface area (TPSA) is 56.0 Å². The number of hydrogen-bond acceptors (Lipinski definition) is 2. The molecule has 3 aromatic rings. The highest BCUT2D eigenvalue weighted by Gasteiger charge is 2.14. The predicted octanol–water partition coefficient (Wildman–Crippen LogP) is 2.45. The second kappa shape index (κ2) is 6.74. The first kappa shape index (κ1) is 16.1. The maximum absolute atomic E-state index is 12.5. The van der Waals surface area contributed by atoms with Gasteiger partial charge in [0.05, 0.1) is 11.0 Å². The standard InChI is InChI=1S/C19H21N3O2/c1-3-21-16-9-4-5-10-17(16)22(19(21)24)13-18(23)20-12-15-8-6-7-14(2)11-15/h4-11H,3,12-13H2,1-2H3,(H,20,23). The summed E-state index contributed by atoms with van der Waals surface area (Å²) in [6.45, 7) is 5.01. The normalized spacial score (nSPS) is 10.9. The molecule has 1 N–H and O–H groups in total. The van der Waals surface area contributed by atoms with Gasteiger partial charge in [0.2, 0.25) is 5.91 Å². The SMILES string of the molecule is CCn1c(=O)n(CC(=O)NCc2cccc(C)c2)c2ccccc21. The molecule has 0 spiro atoms. The number of carbonyl (C=O) groups is 1. The Morgan fingerprint density at radius 3 is 2.42 bits per heavy atom. The average Bonchev–Trinajstić information content (AvgIpc) is 2.85. The third-order valence-electron chi connectivity index (χ3n) is 4.12. The molecule has 0 aliphatic carbocycles. The van der Waals surface area contributed by atoms with Gasteiger partial charge in [0, 0.05) is 13.1 Å². The van der Waals surface area contributed by atoms with E-state index in [-0.39, 0.29) is 18.1 Å². The fourth-order valence-corrected chi connectivity index (χ4v) is 2.95. The quantitative estimate of drug-likeness (QED) is 0.784. The largest absolute Gasteiger partial charge is 0.350 e. The van der Waals surface area contributed by atoms with E-state index in [1.54, 1.807) is 4.57 Å². The smallest absolute Gasteiger partial charge is 0.329 e. The van der Waals surface area contributed by atoms with E-state index in [9.17, 15) is 9.59 Å². The van der Waals surface area contributed by atoms with Crippen molar-refractivity contribution in [2.75, 3.05) is 0 Å². The monoisotopic (exact) mass is 323 g/mol. The van der Waals surface area contributed by atoms with Gasteiger partial charge in [-0.1, -0.05) is 42.0 Å². The van der Waals surface area contributed by atoms with E-state index < -0.39 is 0 Å². The van der Waals surface area contributed by atoms with Crippen LogP contribution in [0.4, 0.5) is 0 Å². The molecule has 0 fully saturated rings. The lowest BCUT2D eigenvalue weighted by Crippen LogP contribution is -2.32. The maximum Gasteiger partial charge on any atom is 0.329 e. The molecule has 124 valence electrons. The van der Waals surface area contributed by atoms with Crippen molar-refractivity contribution < 1.29 is 4.79 Å². The van der Waals surface area contributed by atoms with Gasteiger partial charge in [0.1, 0.15) is 6.54 Å². The minimum atomic E-state index is -0.169. The van der Waals surface area contributed by atoms with Crippen LogP contribution in [0.2, 0.25) is 0 Å². The molecule has 0 radical (unpaired) electrons. The van der Waals surface area contributed by atoms with Crippen LogP contribution >= 0.6 is 0 Å². The summed E-state index contributed by atoms with van der Waals surface area (Å²) in [7, 11) is 0. The summed E-state index contributed by atoms with van der Waals surface area (Å²) in [6, 6.07) is 15.6. The van der Waals surface area contributed by atoms with E-state index in [1.807, 2.05) is 62.4 Å². The molecule has 5 nitrogen and oxygen atoms in total. The van der Waals surface area contributed by atoms with Gasteiger partial charge in [-0.2, -0.15) is 0 Å². The molecule has 0 saturated carbocycles. The molecule has 1 amide bonds. The number of aromatic nitrogens is 2. The number of amides is 1. The highest BCUT2D eigenvalue weighted by atomic mass is 16.2. The van der Waals surface area contributed by atoms with Crippen molar-refractivity contribution in [1.82, 2.24) is 14.5 Å². The Morgan fingerprint density at radius 2 is 1.75 bits per heavy atom. The second-order valence-electron chi connectivity index (χ2n) is 5.87. The van der Waals surface area contributed by atoms with Crippen LogP contribution in [-0.4, -0.2) is 15.0 Å². The predicted molar refractivity (Wildman–Crippen MR) is 94.9 cm³/mol. The van der Waals surface area contributed by atoms with E-state index >= 15 is 0 Å². The van der Waals surface area contributed by atoms with Crippen LogP contribution in [0.1, 0.15) is 18.1 Å². The van der Waals surface area contributed by atoms with Crippen LogP contribution in [0.15, 0.2) is 53.3 Å². The highest BCUT2D eigenvalue weighted by Crippen LogP contribution is 2.12. The van der Waals surface area contributed by atoms with Gasteiger partial charge in [-0.15, -0.1) is 0 Å². The van der Waals surface area contributed by atoms with Crippen LogP contribution in [0, 0.1) is 6.92 Å². The van der Waals surface area contributed by atoms with Gasteiger partial charge in [-0.05, 0) is 31.5 Å². The Hall–Kier alpha value is -2.82. The van der Waals surface area contributed by atoms with Crippen molar-refractivity contribution in [2.24, 2.45) is 0 Å². The Morgan fingerprint density at radius 1 is 1.04 bits per heavy atom. The summed E-state index contributed by atoms with van der Waals surface area (Å²) in [4.78, 5) is 24.8. The zero-order valence-corrected chi connectivity index (χ0v) is 14.0. The van der Waals surface area contributed by atoms with Gasteiger partial charge >= 0.3 is 5.69 Å². The first-order valence-corrected chi connectivity index (χ1v) is 8.10. The average molecular weight is 323 g/mol. The van der Waals surface area contributed by atoms with E-state index in [0.29, 0.717) is 13.1 Å². The number of carbonyl (C=O) groups excluding carboxylic acids is 1. The van der Waals surface area contributed by atoms with Crippen LogP contribution in [-0.2, 0) is 24.4 Å². The summed E-state index contributed by atoms with van der Waals surface area (Å²) in [5.41, 5.74) is 3.70. The zero-order valence-electron chi connectivity index (χ0n) is 14.0. The minimum absolute atomic E-state index is 0.0260. The summed E-state index contributed by atoms with van der Waals surface area (Å²) in [5, 5.41) is 2.89. The fraction of sp³-hybridized carbons (Fsp3) is 0.263. The van der Waals surface area contributed by atoms with Crippen LogP contribution in [0.3, 0.4) is 0 Å². The van der Waals surface area contributed by atoms with Gasteiger partial charge in [0.15, 0.2) is 0 Å². The van der Waals surface area contributed by atoms with E-state index in [2.05, 4.69) is 5.32 Å². The molecule has 3 rings (SSSR count). The molecule has 1 aromatic heterocycles. The Balaban J connectivity index is 1.78. The van der Waals surface area contributed by atoms with E-state index in [0.717, 1.165) is 22.2 Å². The molecule has 5 heteroatoms. The second-order valence-corrected chi connectivity index (χ2v) is 5.87. The van der Waals surface area contributed by atoms with Crippen molar-refractivity contribution in [1.29, 1.82) is 0 Å².